The molecule has 0 fully saturated rings. The van der Waals surface area contributed by atoms with Crippen LogP contribution in [0.25, 0.3) is 0 Å². The van der Waals surface area contributed by atoms with E-state index in [1.165, 1.54) is 12.1 Å². The minimum Gasteiger partial charge on any atom is -0.339 e. The molecular formula is C13H15ClFN3O. The molecule has 1 aromatic heterocycles. The number of rotatable bonds is 4. The summed E-state index contributed by atoms with van der Waals surface area (Å²) in [5.41, 5.74) is 6.53. The molecular weight excluding hydrogens is 269 g/mol. The van der Waals surface area contributed by atoms with Gasteiger partial charge in [0.1, 0.15) is 5.82 Å². The zero-order valence-electron chi connectivity index (χ0n) is 10.7. The average molecular weight is 284 g/mol. The highest BCUT2D eigenvalue weighted by Gasteiger charge is 2.18. The molecule has 2 atom stereocenters. The summed E-state index contributed by atoms with van der Waals surface area (Å²) in [4.78, 5) is 4.28. The van der Waals surface area contributed by atoms with Crippen molar-refractivity contribution >= 4 is 11.6 Å². The molecule has 0 aliphatic carbocycles. The molecule has 102 valence electrons. The van der Waals surface area contributed by atoms with Crippen LogP contribution in [0.2, 0.25) is 5.02 Å². The Bertz CT molecular complexity index is 571. The average Bonchev–Trinajstić information content (AvgIpc) is 2.80. The molecule has 0 aliphatic rings. The minimum absolute atomic E-state index is 0.00932. The van der Waals surface area contributed by atoms with Crippen molar-refractivity contribution < 1.29 is 8.91 Å². The molecule has 0 saturated carbocycles. The minimum atomic E-state index is -0.367. The maximum atomic E-state index is 12.9. The molecule has 2 rings (SSSR count). The van der Waals surface area contributed by atoms with E-state index in [2.05, 4.69) is 10.1 Å². The van der Waals surface area contributed by atoms with Gasteiger partial charge in [-0.25, -0.2) is 4.39 Å². The van der Waals surface area contributed by atoms with Gasteiger partial charge in [-0.2, -0.15) is 4.98 Å². The first-order valence-electron chi connectivity index (χ1n) is 5.99. The fourth-order valence-corrected chi connectivity index (χ4v) is 1.82. The summed E-state index contributed by atoms with van der Waals surface area (Å²) in [5, 5.41) is 4.24. The topological polar surface area (TPSA) is 64.9 Å². The Hall–Kier alpha value is -1.46. The van der Waals surface area contributed by atoms with E-state index in [-0.39, 0.29) is 17.8 Å². The van der Waals surface area contributed by atoms with Crippen molar-refractivity contribution in [1.82, 2.24) is 10.1 Å². The Labute approximate surface area is 115 Å². The van der Waals surface area contributed by atoms with Crippen molar-refractivity contribution in [3.05, 3.63) is 46.3 Å². The zero-order chi connectivity index (χ0) is 14.0. The van der Waals surface area contributed by atoms with Gasteiger partial charge in [0.05, 0.1) is 5.92 Å². The fraction of sp³-hybridized carbons (Fsp3) is 0.385. The van der Waals surface area contributed by atoms with Gasteiger partial charge in [0.25, 0.3) is 0 Å². The first-order chi connectivity index (χ1) is 8.97. The molecule has 19 heavy (non-hydrogen) atoms. The standard InChI is InChI=1S/C13H15ClFN3O/c1-7(8(2)16)13-17-12(18-19-13)5-9-3-4-10(15)6-11(9)14/h3-4,6-8H,5,16H2,1-2H3. The maximum Gasteiger partial charge on any atom is 0.231 e. The largest absolute Gasteiger partial charge is 0.339 e. The molecule has 0 saturated heterocycles. The summed E-state index contributed by atoms with van der Waals surface area (Å²) in [6.07, 6.45) is 0.397. The Kier molecular flexibility index (Phi) is 4.17. The van der Waals surface area contributed by atoms with Gasteiger partial charge in [-0.1, -0.05) is 29.7 Å². The molecule has 6 heteroatoms. The van der Waals surface area contributed by atoms with Crippen LogP contribution in [0.1, 0.15) is 37.0 Å². The number of nitrogens with zero attached hydrogens (tertiary/aromatic N) is 2. The van der Waals surface area contributed by atoms with Crippen LogP contribution >= 0.6 is 11.6 Å². The Morgan fingerprint density at radius 3 is 2.79 bits per heavy atom. The first-order valence-corrected chi connectivity index (χ1v) is 6.37. The fourth-order valence-electron chi connectivity index (χ4n) is 1.58. The van der Waals surface area contributed by atoms with Gasteiger partial charge in [0.15, 0.2) is 5.82 Å². The predicted octanol–water partition coefficient (Wildman–Crippen LogP) is 2.90. The highest BCUT2D eigenvalue weighted by molar-refractivity contribution is 6.31. The molecule has 2 unspecified atom stereocenters. The molecule has 0 amide bonds. The van der Waals surface area contributed by atoms with Crippen molar-refractivity contribution in [3.63, 3.8) is 0 Å². The molecule has 0 aliphatic heterocycles. The van der Waals surface area contributed by atoms with E-state index in [0.717, 1.165) is 5.56 Å². The van der Waals surface area contributed by atoms with Crippen LogP contribution < -0.4 is 5.73 Å². The second-order valence-corrected chi connectivity index (χ2v) is 5.02. The van der Waals surface area contributed by atoms with Crippen molar-refractivity contribution in [1.29, 1.82) is 0 Å². The zero-order valence-corrected chi connectivity index (χ0v) is 11.5. The lowest BCUT2D eigenvalue weighted by Crippen LogP contribution is -2.22. The third kappa shape index (κ3) is 3.30. The van der Waals surface area contributed by atoms with Gasteiger partial charge in [0, 0.05) is 17.5 Å². The van der Waals surface area contributed by atoms with E-state index in [0.29, 0.717) is 23.2 Å². The van der Waals surface area contributed by atoms with Gasteiger partial charge in [-0.15, -0.1) is 0 Å². The first kappa shape index (κ1) is 14.0. The van der Waals surface area contributed by atoms with Gasteiger partial charge in [-0.3, -0.25) is 0 Å². The van der Waals surface area contributed by atoms with E-state index >= 15 is 0 Å². The summed E-state index contributed by atoms with van der Waals surface area (Å²) in [7, 11) is 0. The smallest absolute Gasteiger partial charge is 0.231 e. The van der Waals surface area contributed by atoms with Crippen molar-refractivity contribution in [2.45, 2.75) is 32.2 Å². The van der Waals surface area contributed by atoms with Crippen LogP contribution in [0.3, 0.4) is 0 Å². The van der Waals surface area contributed by atoms with E-state index in [9.17, 15) is 4.39 Å². The van der Waals surface area contributed by atoms with Crippen LogP contribution in [0, 0.1) is 5.82 Å². The number of nitrogens with two attached hydrogens (primary N) is 1. The lowest BCUT2D eigenvalue weighted by molar-refractivity contribution is 0.343. The second kappa shape index (κ2) is 5.67. The van der Waals surface area contributed by atoms with Crippen LogP contribution in [-0.2, 0) is 6.42 Å². The molecule has 1 heterocycles. The van der Waals surface area contributed by atoms with Crippen molar-refractivity contribution in [2.75, 3.05) is 0 Å². The number of hydrogen-bond donors (Lipinski definition) is 1. The summed E-state index contributed by atoms with van der Waals surface area (Å²) in [6, 6.07) is 4.17. The molecule has 0 spiro atoms. The van der Waals surface area contributed by atoms with Gasteiger partial charge in [-0.05, 0) is 24.6 Å². The Morgan fingerprint density at radius 1 is 1.42 bits per heavy atom. The monoisotopic (exact) mass is 283 g/mol. The second-order valence-electron chi connectivity index (χ2n) is 4.61. The van der Waals surface area contributed by atoms with Gasteiger partial charge in [0.2, 0.25) is 5.89 Å². The third-order valence-electron chi connectivity index (χ3n) is 3.03. The van der Waals surface area contributed by atoms with E-state index in [1.54, 1.807) is 6.07 Å². The van der Waals surface area contributed by atoms with Gasteiger partial charge >= 0.3 is 0 Å². The number of aromatic nitrogens is 2. The SMILES string of the molecule is CC(N)C(C)c1nc(Cc2ccc(F)cc2Cl)no1. The van der Waals surface area contributed by atoms with Crippen LogP contribution in [-0.4, -0.2) is 16.2 Å². The lowest BCUT2D eigenvalue weighted by Gasteiger charge is -2.09. The Balaban J connectivity index is 2.16. The Morgan fingerprint density at radius 2 is 2.16 bits per heavy atom. The summed E-state index contributed by atoms with van der Waals surface area (Å²) in [5.74, 6) is 0.636. The quantitative estimate of drug-likeness (QED) is 0.937. The maximum absolute atomic E-state index is 12.9. The molecule has 1 aromatic carbocycles. The van der Waals surface area contributed by atoms with E-state index in [4.69, 9.17) is 21.9 Å². The van der Waals surface area contributed by atoms with Crippen molar-refractivity contribution in [3.8, 4) is 0 Å². The number of halogens is 2. The van der Waals surface area contributed by atoms with E-state index in [1.807, 2.05) is 13.8 Å². The van der Waals surface area contributed by atoms with E-state index < -0.39 is 0 Å². The molecule has 0 radical (unpaired) electrons. The van der Waals surface area contributed by atoms with Crippen molar-refractivity contribution in [2.24, 2.45) is 5.73 Å². The summed E-state index contributed by atoms with van der Waals surface area (Å²) in [6.45, 7) is 3.80. The molecule has 4 nitrogen and oxygen atoms in total. The molecule has 2 N–H and O–H groups in total. The molecule has 0 bridgehead atoms. The normalized spacial score (nSPS) is 14.4. The molecule has 2 aromatic rings. The van der Waals surface area contributed by atoms with Crippen LogP contribution in [0.4, 0.5) is 4.39 Å². The number of benzene rings is 1. The summed E-state index contributed by atoms with van der Waals surface area (Å²) < 4.78 is 18.1. The van der Waals surface area contributed by atoms with Gasteiger partial charge < -0.3 is 10.3 Å². The third-order valence-corrected chi connectivity index (χ3v) is 3.38. The summed E-state index contributed by atoms with van der Waals surface area (Å²) >= 11 is 5.95. The lowest BCUT2D eigenvalue weighted by atomic mass is 10.1. The highest BCUT2D eigenvalue weighted by atomic mass is 35.5. The predicted molar refractivity (Wildman–Crippen MR) is 70.6 cm³/mol. The number of hydrogen-bond acceptors (Lipinski definition) is 4. The highest BCUT2D eigenvalue weighted by Crippen LogP contribution is 2.21. The van der Waals surface area contributed by atoms with Crippen LogP contribution in [0.15, 0.2) is 22.7 Å². The van der Waals surface area contributed by atoms with Crippen LogP contribution in [0.5, 0.6) is 0 Å².